The molecule has 1 aliphatic carbocycles. The molecule has 5 rings (SSSR count). The molecule has 1 N–H and O–H groups in total. The molecule has 1 aliphatic rings. The molecule has 31 heavy (non-hydrogen) atoms. The second-order valence-corrected chi connectivity index (χ2v) is 7.44. The van der Waals surface area contributed by atoms with Gasteiger partial charge in [0.05, 0.1) is 11.4 Å². The summed E-state index contributed by atoms with van der Waals surface area (Å²) in [4.78, 5) is 12.7. The molecule has 8 heteroatoms. The quantitative estimate of drug-likeness (QED) is 0.546. The first-order chi connectivity index (χ1) is 15.2. The van der Waals surface area contributed by atoms with Crippen molar-refractivity contribution in [3.8, 4) is 23.0 Å². The number of rotatable bonds is 5. The zero-order chi connectivity index (χ0) is 21.2. The van der Waals surface area contributed by atoms with Crippen molar-refractivity contribution in [1.82, 2.24) is 24.5 Å². The van der Waals surface area contributed by atoms with Gasteiger partial charge in [-0.3, -0.25) is 9.36 Å². The van der Waals surface area contributed by atoms with Gasteiger partial charge >= 0.3 is 0 Å². The number of nitrogens with one attached hydrogen (secondary N) is 1. The van der Waals surface area contributed by atoms with Crippen molar-refractivity contribution in [2.75, 3.05) is 5.32 Å². The van der Waals surface area contributed by atoms with E-state index >= 15 is 0 Å². The van der Waals surface area contributed by atoms with Gasteiger partial charge in [-0.25, -0.2) is 4.68 Å². The molecule has 2 aromatic carbocycles. The predicted octanol–water partition coefficient (Wildman–Crippen LogP) is 3.13. The van der Waals surface area contributed by atoms with Crippen molar-refractivity contribution in [3.05, 3.63) is 77.9 Å². The molecule has 0 atom stereocenters. The summed E-state index contributed by atoms with van der Waals surface area (Å²) in [5.41, 5.74) is 5.43. The highest BCUT2D eigenvalue weighted by molar-refractivity contribution is 5.90. The lowest BCUT2D eigenvalue weighted by Crippen LogP contribution is -2.21. The van der Waals surface area contributed by atoms with Gasteiger partial charge in [0.2, 0.25) is 11.7 Å². The first-order valence-corrected chi connectivity index (χ1v) is 10.1. The fourth-order valence-corrected chi connectivity index (χ4v) is 3.90. The maximum atomic E-state index is 12.7. The predicted molar refractivity (Wildman–Crippen MR) is 114 cm³/mol. The summed E-state index contributed by atoms with van der Waals surface area (Å²) >= 11 is 0. The Labute approximate surface area is 178 Å². The first kappa shape index (κ1) is 18.8. The van der Waals surface area contributed by atoms with E-state index in [1.807, 2.05) is 42.5 Å². The van der Waals surface area contributed by atoms with Gasteiger partial charge in [0.1, 0.15) is 24.8 Å². The zero-order valence-corrected chi connectivity index (χ0v) is 16.7. The summed E-state index contributed by atoms with van der Waals surface area (Å²) in [5.74, 6) is 0.345. The Morgan fingerprint density at radius 2 is 1.94 bits per heavy atom. The lowest BCUT2D eigenvalue weighted by atomic mass is 10.0. The lowest BCUT2D eigenvalue weighted by Gasteiger charge is -2.09. The molecule has 4 aromatic rings. The van der Waals surface area contributed by atoms with Gasteiger partial charge in [-0.2, -0.15) is 10.4 Å². The standard InChI is InChI=1S/C23H19N7O/c24-13-22-27-25-15-29(22)14-23(31)26-21-12-20(28-30(21)19-7-2-1-3-8-19)18-10-9-16-5-4-6-17(16)11-18/h1-3,7-12,15H,4-6,14H2,(H,26,31). The molecule has 0 spiro atoms. The number of carbonyl (C=O) groups is 1. The van der Waals surface area contributed by atoms with Crippen molar-refractivity contribution >= 4 is 11.7 Å². The van der Waals surface area contributed by atoms with Gasteiger partial charge in [0.25, 0.3) is 0 Å². The number of aromatic nitrogens is 5. The summed E-state index contributed by atoms with van der Waals surface area (Å²) in [6.07, 6.45) is 4.77. The van der Waals surface area contributed by atoms with Gasteiger partial charge in [-0.05, 0) is 48.6 Å². The lowest BCUT2D eigenvalue weighted by molar-refractivity contribution is -0.116. The van der Waals surface area contributed by atoms with Gasteiger partial charge in [0.15, 0.2) is 0 Å². The Bertz CT molecular complexity index is 1300. The normalized spacial score (nSPS) is 12.4. The summed E-state index contributed by atoms with van der Waals surface area (Å²) < 4.78 is 3.12. The van der Waals surface area contributed by atoms with Gasteiger partial charge < -0.3 is 5.32 Å². The second-order valence-electron chi connectivity index (χ2n) is 7.44. The summed E-state index contributed by atoms with van der Waals surface area (Å²) in [6, 6.07) is 19.9. The van der Waals surface area contributed by atoms with Crippen LogP contribution in [0.2, 0.25) is 0 Å². The monoisotopic (exact) mass is 409 g/mol. The molecule has 2 heterocycles. The highest BCUT2D eigenvalue weighted by Gasteiger charge is 2.17. The Kier molecular flexibility index (Phi) is 4.77. The Morgan fingerprint density at radius 3 is 2.77 bits per heavy atom. The van der Waals surface area contributed by atoms with Crippen molar-refractivity contribution in [2.24, 2.45) is 0 Å². The van der Waals surface area contributed by atoms with Crippen molar-refractivity contribution in [2.45, 2.75) is 25.8 Å². The highest BCUT2D eigenvalue weighted by Crippen LogP contribution is 2.30. The largest absolute Gasteiger partial charge is 0.309 e. The molecule has 0 fully saturated rings. The van der Waals surface area contributed by atoms with Crippen LogP contribution in [0.25, 0.3) is 16.9 Å². The van der Waals surface area contributed by atoms with E-state index in [0.29, 0.717) is 5.82 Å². The number of benzene rings is 2. The number of nitriles is 1. The van der Waals surface area contributed by atoms with Crippen LogP contribution in [0.3, 0.4) is 0 Å². The van der Waals surface area contributed by atoms with E-state index in [9.17, 15) is 4.79 Å². The van der Waals surface area contributed by atoms with E-state index in [1.54, 1.807) is 4.68 Å². The smallest absolute Gasteiger partial charge is 0.245 e. The van der Waals surface area contributed by atoms with Crippen LogP contribution in [0.5, 0.6) is 0 Å². The minimum Gasteiger partial charge on any atom is -0.309 e. The molecule has 0 radical (unpaired) electrons. The van der Waals surface area contributed by atoms with E-state index in [2.05, 4.69) is 33.7 Å². The number of nitrogens with zero attached hydrogens (tertiary/aromatic N) is 6. The zero-order valence-electron chi connectivity index (χ0n) is 16.7. The number of carbonyl (C=O) groups excluding carboxylic acids is 1. The number of hydrogen-bond donors (Lipinski definition) is 1. The number of para-hydroxylation sites is 1. The molecule has 0 unspecified atom stereocenters. The number of aryl methyl sites for hydroxylation is 2. The molecule has 0 saturated heterocycles. The first-order valence-electron chi connectivity index (χ1n) is 10.1. The third-order valence-corrected chi connectivity index (χ3v) is 5.40. The summed E-state index contributed by atoms with van der Waals surface area (Å²) in [5, 5.41) is 24.1. The number of anilines is 1. The molecule has 2 aromatic heterocycles. The summed E-state index contributed by atoms with van der Waals surface area (Å²) in [7, 11) is 0. The molecule has 8 nitrogen and oxygen atoms in total. The number of amides is 1. The van der Waals surface area contributed by atoms with Crippen LogP contribution in [0.4, 0.5) is 5.82 Å². The molecule has 1 amide bonds. The molecular formula is C23H19N7O. The number of fused-ring (bicyclic) bond motifs is 1. The minimum absolute atomic E-state index is 0.0654. The highest BCUT2D eigenvalue weighted by atomic mass is 16.2. The fraction of sp³-hybridized carbons (Fsp3) is 0.174. The van der Waals surface area contributed by atoms with Crippen LogP contribution in [-0.4, -0.2) is 30.5 Å². The van der Waals surface area contributed by atoms with Gasteiger partial charge in [-0.15, -0.1) is 10.2 Å². The minimum atomic E-state index is -0.297. The van der Waals surface area contributed by atoms with Crippen LogP contribution in [-0.2, 0) is 24.2 Å². The topological polar surface area (TPSA) is 101 Å². The molecule has 0 saturated carbocycles. The van der Waals surface area contributed by atoms with Crippen LogP contribution >= 0.6 is 0 Å². The molecule has 152 valence electrons. The van der Waals surface area contributed by atoms with Crippen LogP contribution < -0.4 is 5.32 Å². The Hall–Kier alpha value is -4.25. The fourth-order valence-electron chi connectivity index (χ4n) is 3.90. The van der Waals surface area contributed by atoms with Crippen LogP contribution in [0, 0.1) is 11.3 Å². The maximum Gasteiger partial charge on any atom is 0.245 e. The van der Waals surface area contributed by atoms with Crippen molar-refractivity contribution in [1.29, 1.82) is 5.26 Å². The van der Waals surface area contributed by atoms with Crippen LogP contribution in [0.1, 0.15) is 23.4 Å². The van der Waals surface area contributed by atoms with Gasteiger partial charge in [0, 0.05) is 11.6 Å². The van der Waals surface area contributed by atoms with E-state index < -0.39 is 0 Å². The molecule has 0 bridgehead atoms. The third-order valence-electron chi connectivity index (χ3n) is 5.40. The van der Waals surface area contributed by atoms with E-state index in [4.69, 9.17) is 10.4 Å². The van der Waals surface area contributed by atoms with Crippen molar-refractivity contribution < 1.29 is 4.79 Å². The Balaban J connectivity index is 1.48. The van der Waals surface area contributed by atoms with E-state index in [0.717, 1.165) is 29.8 Å². The second kappa shape index (κ2) is 7.88. The Morgan fingerprint density at radius 1 is 1.10 bits per heavy atom. The maximum absolute atomic E-state index is 12.7. The summed E-state index contributed by atoms with van der Waals surface area (Å²) in [6.45, 7) is -0.0654. The van der Waals surface area contributed by atoms with E-state index in [1.165, 1.54) is 28.4 Å². The van der Waals surface area contributed by atoms with Crippen LogP contribution in [0.15, 0.2) is 60.9 Å². The third kappa shape index (κ3) is 3.69. The molecule has 0 aliphatic heterocycles. The number of hydrogen-bond acceptors (Lipinski definition) is 5. The SMILES string of the molecule is N#Cc1nncn1CC(=O)Nc1cc(-c2ccc3c(c2)CCC3)nn1-c1ccccc1. The van der Waals surface area contributed by atoms with Gasteiger partial charge in [-0.1, -0.05) is 30.3 Å². The van der Waals surface area contributed by atoms with Crippen molar-refractivity contribution in [3.63, 3.8) is 0 Å². The average molecular weight is 409 g/mol. The average Bonchev–Trinajstić information content (AvgIpc) is 3.53. The molecular weight excluding hydrogens is 390 g/mol. The van der Waals surface area contributed by atoms with E-state index in [-0.39, 0.29) is 18.3 Å².